The Balaban J connectivity index is 2.32. The number of halogens is 1. The smallest absolute Gasteiger partial charge is 0.135 e. The van der Waals surface area contributed by atoms with Gasteiger partial charge in [0.25, 0.3) is 0 Å². The summed E-state index contributed by atoms with van der Waals surface area (Å²) < 4.78 is 7.24. The number of benzene rings is 1. The molecule has 3 nitrogen and oxygen atoms in total. The Bertz CT molecular complexity index is 618. The number of hydrogen-bond donors (Lipinski definition) is 1. The highest BCUT2D eigenvalue weighted by Crippen LogP contribution is 2.31. The summed E-state index contributed by atoms with van der Waals surface area (Å²) in [6.07, 6.45) is 1.88. The molecule has 1 aromatic carbocycles. The van der Waals surface area contributed by atoms with E-state index in [0.29, 0.717) is 0 Å². The van der Waals surface area contributed by atoms with Gasteiger partial charge in [0.05, 0.1) is 0 Å². The van der Waals surface area contributed by atoms with E-state index in [1.807, 2.05) is 31.3 Å². The lowest BCUT2D eigenvalue weighted by atomic mass is 10.1. The van der Waals surface area contributed by atoms with E-state index in [-0.39, 0.29) is 0 Å². The van der Waals surface area contributed by atoms with Gasteiger partial charge in [0, 0.05) is 34.5 Å². The van der Waals surface area contributed by atoms with E-state index >= 15 is 0 Å². The maximum Gasteiger partial charge on any atom is 0.135 e. The molecular formula is C17H21BrN2O. The van der Waals surface area contributed by atoms with Gasteiger partial charge in [-0.2, -0.15) is 0 Å². The molecule has 4 heteroatoms. The predicted octanol–water partition coefficient (Wildman–Crippen LogP) is 4.67. The Kier molecular flexibility index (Phi) is 5.37. The molecule has 0 saturated carbocycles. The van der Waals surface area contributed by atoms with Crippen LogP contribution in [0, 0.1) is 20.8 Å². The average Bonchev–Trinajstić information content (AvgIpc) is 2.44. The highest BCUT2D eigenvalue weighted by atomic mass is 79.9. The van der Waals surface area contributed by atoms with Crippen LogP contribution >= 0.6 is 15.9 Å². The van der Waals surface area contributed by atoms with Crippen molar-refractivity contribution < 1.29 is 4.74 Å². The molecule has 0 aliphatic heterocycles. The van der Waals surface area contributed by atoms with Crippen LogP contribution in [0.1, 0.15) is 29.3 Å². The normalized spacial score (nSPS) is 10.7. The molecule has 0 fully saturated rings. The zero-order valence-electron chi connectivity index (χ0n) is 13.0. The van der Waals surface area contributed by atoms with Crippen molar-refractivity contribution in [1.29, 1.82) is 0 Å². The third-order valence-electron chi connectivity index (χ3n) is 3.28. The first-order valence-corrected chi connectivity index (χ1v) is 7.91. The van der Waals surface area contributed by atoms with E-state index in [1.165, 1.54) is 11.1 Å². The lowest BCUT2D eigenvalue weighted by Gasteiger charge is -2.14. The minimum Gasteiger partial charge on any atom is -0.457 e. The highest BCUT2D eigenvalue weighted by molar-refractivity contribution is 9.10. The van der Waals surface area contributed by atoms with Crippen LogP contribution in [-0.4, -0.2) is 11.5 Å². The average molecular weight is 349 g/mol. The lowest BCUT2D eigenvalue weighted by Crippen LogP contribution is -2.12. The largest absolute Gasteiger partial charge is 0.457 e. The van der Waals surface area contributed by atoms with Crippen molar-refractivity contribution in [3.05, 3.63) is 51.3 Å². The minimum atomic E-state index is 0.758. The molecule has 0 atom stereocenters. The molecule has 1 heterocycles. The van der Waals surface area contributed by atoms with Crippen LogP contribution in [0.15, 0.2) is 28.9 Å². The van der Waals surface area contributed by atoms with Crippen LogP contribution in [0.4, 0.5) is 0 Å². The third kappa shape index (κ3) is 4.05. The summed E-state index contributed by atoms with van der Waals surface area (Å²) in [7, 11) is 0. The van der Waals surface area contributed by atoms with Gasteiger partial charge < -0.3 is 10.1 Å². The maximum atomic E-state index is 6.10. The van der Waals surface area contributed by atoms with Gasteiger partial charge in [-0.1, -0.05) is 22.9 Å². The second kappa shape index (κ2) is 7.05. The van der Waals surface area contributed by atoms with Crippen molar-refractivity contribution in [3.63, 3.8) is 0 Å². The summed E-state index contributed by atoms with van der Waals surface area (Å²) in [4.78, 5) is 4.36. The monoisotopic (exact) mass is 348 g/mol. The first-order valence-electron chi connectivity index (χ1n) is 7.12. The van der Waals surface area contributed by atoms with E-state index < -0.39 is 0 Å². The van der Waals surface area contributed by atoms with E-state index in [0.717, 1.165) is 40.3 Å². The molecule has 1 N–H and O–H groups in total. The van der Waals surface area contributed by atoms with Gasteiger partial charge in [0.2, 0.25) is 0 Å². The number of rotatable bonds is 5. The topological polar surface area (TPSA) is 34.2 Å². The van der Waals surface area contributed by atoms with Crippen LogP contribution in [0.2, 0.25) is 0 Å². The van der Waals surface area contributed by atoms with Crippen molar-refractivity contribution >= 4 is 15.9 Å². The number of pyridine rings is 1. The van der Waals surface area contributed by atoms with Gasteiger partial charge in [-0.25, -0.2) is 0 Å². The maximum absolute atomic E-state index is 6.10. The summed E-state index contributed by atoms with van der Waals surface area (Å²) in [5.41, 5.74) is 4.37. The Hall–Kier alpha value is -1.39. The molecule has 0 radical (unpaired) electrons. The Morgan fingerprint density at radius 3 is 2.43 bits per heavy atom. The first-order chi connectivity index (χ1) is 10.0. The van der Waals surface area contributed by atoms with Crippen LogP contribution in [0.3, 0.4) is 0 Å². The fourth-order valence-electron chi connectivity index (χ4n) is 2.14. The lowest BCUT2D eigenvalue weighted by molar-refractivity contribution is 0.470. The molecule has 0 aliphatic carbocycles. The zero-order chi connectivity index (χ0) is 15.4. The second-order valence-corrected chi connectivity index (χ2v) is 5.98. The van der Waals surface area contributed by atoms with Gasteiger partial charge in [-0.15, -0.1) is 0 Å². The fourth-order valence-corrected chi connectivity index (χ4v) is 2.37. The molecule has 2 rings (SSSR count). The molecule has 112 valence electrons. The number of nitrogens with one attached hydrogen (secondary N) is 1. The Morgan fingerprint density at radius 2 is 1.81 bits per heavy atom. The number of aromatic nitrogens is 1. The fraction of sp³-hybridized carbons (Fsp3) is 0.353. The number of aryl methyl sites for hydroxylation is 3. The molecular weight excluding hydrogens is 328 g/mol. The van der Waals surface area contributed by atoms with Crippen LogP contribution < -0.4 is 10.1 Å². The van der Waals surface area contributed by atoms with Gasteiger partial charge in [0.15, 0.2) is 0 Å². The first kappa shape index (κ1) is 16.0. The van der Waals surface area contributed by atoms with E-state index in [2.05, 4.69) is 47.0 Å². The Morgan fingerprint density at radius 1 is 1.14 bits per heavy atom. The van der Waals surface area contributed by atoms with Gasteiger partial charge in [0.1, 0.15) is 11.5 Å². The van der Waals surface area contributed by atoms with Gasteiger partial charge in [-0.3, -0.25) is 4.98 Å². The zero-order valence-corrected chi connectivity index (χ0v) is 14.5. The summed E-state index contributed by atoms with van der Waals surface area (Å²) in [5.74, 6) is 1.72. The molecule has 0 aliphatic rings. The summed E-state index contributed by atoms with van der Waals surface area (Å²) >= 11 is 3.58. The van der Waals surface area contributed by atoms with Crippen molar-refractivity contribution in [2.45, 2.75) is 34.2 Å². The molecule has 2 aromatic rings. The van der Waals surface area contributed by atoms with Crippen LogP contribution in [-0.2, 0) is 6.54 Å². The SMILES string of the molecule is CCNCc1cnc(C)cc1Oc1cc(C)c(Br)c(C)c1. The second-order valence-electron chi connectivity index (χ2n) is 5.19. The summed E-state index contributed by atoms with van der Waals surface area (Å²) in [5, 5.41) is 3.31. The van der Waals surface area contributed by atoms with Crippen molar-refractivity contribution in [3.8, 4) is 11.5 Å². The van der Waals surface area contributed by atoms with Crippen LogP contribution in [0.25, 0.3) is 0 Å². The quantitative estimate of drug-likeness (QED) is 0.852. The molecule has 0 amide bonds. The van der Waals surface area contributed by atoms with Gasteiger partial charge >= 0.3 is 0 Å². The predicted molar refractivity (Wildman–Crippen MR) is 90.0 cm³/mol. The summed E-state index contributed by atoms with van der Waals surface area (Å²) in [6.45, 7) is 9.88. The van der Waals surface area contributed by atoms with Crippen molar-refractivity contribution in [1.82, 2.24) is 10.3 Å². The van der Waals surface area contributed by atoms with E-state index in [9.17, 15) is 0 Å². The standard InChI is InChI=1S/C17H21BrN2O/c1-5-19-9-14-10-20-13(4)8-16(14)21-15-6-11(2)17(18)12(3)7-15/h6-8,10,19H,5,9H2,1-4H3. The van der Waals surface area contributed by atoms with E-state index in [4.69, 9.17) is 4.74 Å². The van der Waals surface area contributed by atoms with Crippen molar-refractivity contribution in [2.75, 3.05) is 6.54 Å². The Labute approximate surface area is 134 Å². The van der Waals surface area contributed by atoms with Crippen molar-refractivity contribution in [2.24, 2.45) is 0 Å². The molecule has 1 aromatic heterocycles. The number of hydrogen-bond acceptors (Lipinski definition) is 3. The summed E-state index contributed by atoms with van der Waals surface area (Å²) in [6, 6.07) is 6.08. The van der Waals surface area contributed by atoms with E-state index in [1.54, 1.807) is 0 Å². The van der Waals surface area contributed by atoms with Gasteiger partial charge in [-0.05, 0) is 50.6 Å². The highest BCUT2D eigenvalue weighted by Gasteiger charge is 2.09. The third-order valence-corrected chi connectivity index (χ3v) is 4.53. The molecule has 0 bridgehead atoms. The molecule has 0 unspecified atom stereocenters. The molecule has 0 spiro atoms. The number of nitrogens with zero attached hydrogens (tertiary/aromatic N) is 1. The number of ether oxygens (including phenoxy) is 1. The van der Waals surface area contributed by atoms with Crippen LogP contribution in [0.5, 0.6) is 11.5 Å². The minimum absolute atomic E-state index is 0.758. The molecule has 21 heavy (non-hydrogen) atoms. The molecule has 0 saturated heterocycles.